The zero-order chi connectivity index (χ0) is 13.4. The lowest BCUT2D eigenvalue weighted by molar-refractivity contribution is 0.102. The van der Waals surface area contributed by atoms with E-state index in [2.05, 4.69) is 20.3 Å². The third-order valence-electron chi connectivity index (χ3n) is 2.00. The lowest BCUT2D eigenvalue weighted by atomic mass is 10.1. The normalized spacial score (nSPS) is 11.6. The molecule has 0 saturated heterocycles. The molecule has 1 aromatic rings. The summed E-state index contributed by atoms with van der Waals surface area (Å²) in [6, 6.07) is 5.20. The molecule has 0 aliphatic rings. The Bertz CT molecular complexity index is 455. The summed E-state index contributed by atoms with van der Waals surface area (Å²) in [6.07, 6.45) is 2.56. The Kier molecular flexibility index (Phi) is 5.53. The highest BCUT2D eigenvalue weighted by Gasteiger charge is 2.10. The van der Waals surface area contributed by atoms with Crippen molar-refractivity contribution in [2.45, 2.75) is 0 Å². The molecule has 5 nitrogen and oxygen atoms in total. The first-order valence-corrected chi connectivity index (χ1v) is 5.04. The summed E-state index contributed by atoms with van der Waals surface area (Å²) in [5, 5.41) is 3.51. The van der Waals surface area contributed by atoms with Crippen molar-refractivity contribution in [2.24, 2.45) is 5.16 Å². The molecule has 0 aromatic heterocycles. The van der Waals surface area contributed by atoms with Gasteiger partial charge in [-0.3, -0.25) is 15.1 Å². The Hall–Kier alpha value is -2.21. The van der Waals surface area contributed by atoms with E-state index in [4.69, 9.17) is 0 Å². The number of hydrogen-bond acceptors (Lipinski definition) is 5. The number of ketones is 1. The van der Waals surface area contributed by atoms with Crippen LogP contribution in [0, 0.1) is 5.82 Å². The minimum Gasteiger partial charge on any atom is -0.399 e. The van der Waals surface area contributed by atoms with E-state index in [9.17, 15) is 9.18 Å². The molecule has 0 spiro atoms. The van der Waals surface area contributed by atoms with Crippen LogP contribution in [-0.2, 0) is 9.68 Å². The van der Waals surface area contributed by atoms with Gasteiger partial charge in [-0.1, -0.05) is 5.16 Å². The second-order valence-electron chi connectivity index (χ2n) is 3.17. The van der Waals surface area contributed by atoms with Crippen LogP contribution < -0.4 is 5.48 Å². The number of nitrogens with zero attached hydrogens (tertiary/aromatic N) is 1. The van der Waals surface area contributed by atoms with Gasteiger partial charge in [-0.05, 0) is 24.3 Å². The van der Waals surface area contributed by atoms with Crippen LogP contribution in [0.25, 0.3) is 0 Å². The number of carbonyl (C=O) groups excluding carboxylic acids is 1. The first kappa shape index (κ1) is 13.9. The maximum absolute atomic E-state index is 12.8. The molecule has 0 fully saturated rings. The van der Waals surface area contributed by atoms with Gasteiger partial charge in [0.15, 0.2) is 5.78 Å². The number of hydrogen-bond donors (Lipinski definition) is 1. The van der Waals surface area contributed by atoms with Crippen LogP contribution in [-0.4, -0.2) is 26.2 Å². The molecule has 0 unspecified atom stereocenters. The van der Waals surface area contributed by atoms with E-state index in [-0.39, 0.29) is 11.4 Å². The Balaban J connectivity index is 2.94. The molecule has 0 radical (unpaired) electrons. The standard InChI is InChI=1S/C12H13FN2O3/c1-17-14-7-10(8-15-18-2)12(16)9-3-5-11(13)6-4-9/h3-8,14H,1-2H3. The molecule has 96 valence electrons. The summed E-state index contributed by atoms with van der Waals surface area (Å²) in [4.78, 5) is 21.2. The predicted molar refractivity (Wildman–Crippen MR) is 64.5 cm³/mol. The largest absolute Gasteiger partial charge is 0.399 e. The molecule has 0 aliphatic heterocycles. The minimum absolute atomic E-state index is 0.213. The molecule has 0 amide bonds. The predicted octanol–water partition coefficient (Wildman–Crippen LogP) is 1.68. The summed E-state index contributed by atoms with van der Waals surface area (Å²) in [6.45, 7) is 0. The number of carbonyl (C=O) groups is 1. The van der Waals surface area contributed by atoms with Gasteiger partial charge in [-0.2, -0.15) is 0 Å². The molecule has 6 heteroatoms. The van der Waals surface area contributed by atoms with E-state index < -0.39 is 5.82 Å². The van der Waals surface area contributed by atoms with Crippen LogP contribution in [0.4, 0.5) is 4.39 Å². The Morgan fingerprint density at radius 3 is 2.56 bits per heavy atom. The zero-order valence-corrected chi connectivity index (χ0v) is 10.0. The molecule has 18 heavy (non-hydrogen) atoms. The molecule has 0 bridgehead atoms. The average Bonchev–Trinajstić information content (AvgIpc) is 2.39. The van der Waals surface area contributed by atoms with Crippen molar-refractivity contribution in [3.8, 4) is 0 Å². The summed E-state index contributed by atoms with van der Waals surface area (Å²) in [5.74, 6) is -0.738. The lowest BCUT2D eigenvalue weighted by Gasteiger charge is -2.02. The van der Waals surface area contributed by atoms with Crippen molar-refractivity contribution in [1.82, 2.24) is 5.48 Å². The van der Waals surface area contributed by atoms with E-state index in [1.54, 1.807) is 0 Å². The van der Waals surface area contributed by atoms with Gasteiger partial charge < -0.3 is 4.84 Å². The second kappa shape index (κ2) is 7.18. The van der Waals surface area contributed by atoms with Gasteiger partial charge in [0.2, 0.25) is 0 Å². The van der Waals surface area contributed by atoms with E-state index in [0.717, 1.165) is 0 Å². The third kappa shape index (κ3) is 3.99. The second-order valence-corrected chi connectivity index (χ2v) is 3.17. The van der Waals surface area contributed by atoms with Crippen LogP contribution in [0.2, 0.25) is 0 Å². The number of Topliss-reactive ketones (excluding diaryl/α,β-unsaturated/α-hetero) is 1. The Morgan fingerprint density at radius 2 is 2.00 bits per heavy atom. The molecule has 0 aliphatic carbocycles. The highest BCUT2D eigenvalue weighted by molar-refractivity contribution is 6.21. The summed E-state index contributed by atoms with van der Waals surface area (Å²) in [5.41, 5.74) is 2.97. The lowest BCUT2D eigenvalue weighted by Crippen LogP contribution is -2.11. The number of oxime groups is 1. The van der Waals surface area contributed by atoms with Crippen LogP contribution in [0.1, 0.15) is 10.4 Å². The summed E-state index contributed by atoms with van der Waals surface area (Å²) in [7, 11) is 2.77. The van der Waals surface area contributed by atoms with Crippen LogP contribution in [0.15, 0.2) is 41.2 Å². The number of allylic oxidation sites excluding steroid dienone is 1. The third-order valence-corrected chi connectivity index (χ3v) is 2.00. The maximum Gasteiger partial charge on any atom is 0.196 e. The van der Waals surface area contributed by atoms with Gasteiger partial charge in [0, 0.05) is 11.8 Å². The van der Waals surface area contributed by atoms with Crippen molar-refractivity contribution in [2.75, 3.05) is 14.2 Å². The monoisotopic (exact) mass is 252 g/mol. The van der Waals surface area contributed by atoms with Gasteiger partial charge in [0.1, 0.15) is 12.9 Å². The summed E-state index contributed by atoms with van der Waals surface area (Å²) >= 11 is 0. The smallest absolute Gasteiger partial charge is 0.196 e. The maximum atomic E-state index is 12.8. The van der Waals surface area contributed by atoms with Crippen LogP contribution >= 0.6 is 0 Å². The first-order chi connectivity index (χ1) is 8.69. The number of halogens is 1. The molecular formula is C12H13FN2O3. The van der Waals surface area contributed by atoms with E-state index in [0.29, 0.717) is 5.56 Å². The van der Waals surface area contributed by atoms with Gasteiger partial charge in [0.25, 0.3) is 0 Å². The van der Waals surface area contributed by atoms with Crippen LogP contribution in [0.3, 0.4) is 0 Å². The SMILES string of the molecule is CON=CC(=CNOC)C(=O)c1ccc(F)cc1. The fourth-order valence-electron chi connectivity index (χ4n) is 1.16. The molecule has 0 heterocycles. The first-order valence-electron chi connectivity index (χ1n) is 5.04. The minimum atomic E-state index is -0.405. The highest BCUT2D eigenvalue weighted by atomic mass is 19.1. The fourth-order valence-corrected chi connectivity index (χ4v) is 1.16. The topological polar surface area (TPSA) is 59.9 Å². The quantitative estimate of drug-likeness (QED) is 0.362. The van der Waals surface area contributed by atoms with Crippen LogP contribution in [0.5, 0.6) is 0 Å². The van der Waals surface area contributed by atoms with Crippen molar-refractivity contribution >= 4 is 12.0 Å². The number of hydroxylamine groups is 1. The summed E-state index contributed by atoms with van der Waals surface area (Å²) < 4.78 is 12.8. The van der Waals surface area contributed by atoms with Crippen molar-refractivity contribution in [3.63, 3.8) is 0 Å². The van der Waals surface area contributed by atoms with Gasteiger partial charge in [-0.25, -0.2) is 4.39 Å². The molecular weight excluding hydrogens is 239 g/mol. The number of nitrogens with one attached hydrogen (secondary N) is 1. The highest BCUT2D eigenvalue weighted by Crippen LogP contribution is 2.08. The van der Waals surface area contributed by atoms with Crippen molar-refractivity contribution < 1.29 is 18.9 Å². The van der Waals surface area contributed by atoms with Gasteiger partial charge in [0.05, 0.1) is 18.9 Å². The Morgan fingerprint density at radius 1 is 1.33 bits per heavy atom. The van der Waals surface area contributed by atoms with E-state index in [1.165, 1.54) is 50.9 Å². The van der Waals surface area contributed by atoms with E-state index >= 15 is 0 Å². The number of rotatable bonds is 6. The molecule has 1 aromatic carbocycles. The molecule has 0 saturated carbocycles. The van der Waals surface area contributed by atoms with Crippen molar-refractivity contribution in [1.29, 1.82) is 0 Å². The number of benzene rings is 1. The van der Waals surface area contributed by atoms with Gasteiger partial charge >= 0.3 is 0 Å². The van der Waals surface area contributed by atoms with Gasteiger partial charge in [-0.15, -0.1) is 0 Å². The fraction of sp³-hybridized carbons (Fsp3) is 0.167. The molecule has 0 atom stereocenters. The average molecular weight is 252 g/mol. The van der Waals surface area contributed by atoms with E-state index in [1.807, 2.05) is 0 Å². The zero-order valence-electron chi connectivity index (χ0n) is 10.0. The van der Waals surface area contributed by atoms with Crippen molar-refractivity contribution in [3.05, 3.63) is 47.4 Å². The molecule has 1 rings (SSSR count). The Labute approximate surface area is 104 Å². The molecule has 1 N–H and O–H groups in total.